The maximum atomic E-state index is 15.0. The van der Waals surface area contributed by atoms with Crippen molar-refractivity contribution < 1.29 is 8.78 Å². The normalized spacial score (nSPS) is 12.1. The molecule has 0 spiro atoms. The van der Waals surface area contributed by atoms with E-state index in [9.17, 15) is 8.78 Å². The Kier molecular flexibility index (Phi) is 4.59. The van der Waals surface area contributed by atoms with Crippen LogP contribution in [-0.4, -0.2) is 26.8 Å². The van der Waals surface area contributed by atoms with E-state index in [4.69, 9.17) is 22.0 Å². The smallest absolute Gasteiger partial charge is 0.331 e. The lowest BCUT2D eigenvalue weighted by Crippen LogP contribution is -2.39. The van der Waals surface area contributed by atoms with Gasteiger partial charge in [0.15, 0.2) is 5.84 Å². The zero-order chi connectivity index (χ0) is 19.6. The van der Waals surface area contributed by atoms with Gasteiger partial charge in [0, 0.05) is 35.1 Å². The third-order valence-electron chi connectivity index (χ3n) is 3.94. The fourth-order valence-corrected chi connectivity index (χ4v) is 2.50. The van der Waals surface area contributed by atoms with Gasteiger partial charge in [0.1, 0.15) is 5.49 Å². The number of hydrogen-bond acceptors (Lipinski definition) is 6. The second-order valence-corrected chi connectivity index (χ2v) is 5.62. The molecule has 0 saturated heterocycles. The van der Waals surface area contributed by atoms with Crippen molar-refractivity contribution in [3.8, 4) is 0 Å². The average molecular weight is 367 g/mol. The minimum Gasteiger partial charge on any atom is -0.404 e. The first kappa shape index (κ1) is 18.1. The number of halogens is 2. The van der Waals surface area contributed by atoms with Crippen LogP contribution in [-0.2, 0) is 5.92 Å². The number of aromatic nitrogens is 3. The molecule has 0 amide bonds. The van der Waals surface area contributed by atoms with Crippen LogP contribution >= 0.6 is 0 Å². The van der Waals surface area contributed by atoms with Gasteiger partial charge in [-0.25, -0.2) is 0 Å². The van der Waals surface area contributed by atoms with Crippen molar-refractivity contribution in [1.29, 1.82) is 16.2 Å². The number of benzene rings is 1. The van der Waals surface area contributed by atoms with Gasteiger partial charge >= 0.3 is 5.92 Å². The van der Waals surface area contributed by atoms with Gasteiger partial charge in [-0.15, -0.1) is 0 Å². The summed E-state index contributed by atoms with van der Waals surface area (Å²) in [5.41, 5.74) is 5.43. The molecule has 0 aliphatic carbocycles. The third kappa shape index (κ3) is 3.22. The molecule has 1 aromatic carbocycles. The topological polar surface area (TPSA) is 128 Å². The van der Waals surface area contributed by atoms with Crippen molar-refractivity contribution in [3.05, 3.63) is 71.6 Å². The Labute approximate surface area is 152 Å². The van der Waals surface area contributed by atoms with Gasteiger partial charge in [0.2, 0.25) is 0 Å². The predicted octanol–water partition coefficient (Wildman–Crippen LogP) is 2.48. The molecule has 0 fully saturated rings. The molecule has 0 aliphatic rings. The molecule has 0 bridgehead atoms. The number of pyridine rings is 1. The Bertz CT molecular complexity index is 1130. The zero-order valence-corrected chi connectivity index (χ0v) is 13.9. The van der Waals surface area contributed by atoms with Crippen LogP contribution in [0.5, 0.6) is 0 Å². The van der Waals surface area contributed by atoms with Gasteiger partial charge < -0.3 is 11.1 Å². The van der Waals surface area contributed by atoms with Gasteiger partial charge in [-0.3, -0.25) is 15.8 Å². The van der Waals surface area contributed by atoms with Crippen molar-refractivity contribution in [2.45, 2.75) is 5.92 Å². The van der Waals surface area contributed by atoms with E-state index in [-0.39, 0.29) is 11.3 Å². The number of nitrogens with two attached hydrogens (primary N) is 1. The first-order chi connectivity index (χ1) is 12.9. The van der Waals surface area contributed by atoms with Crippen LogP contribution in [0.15, 0.2) is 54.9 Å². The quantitative estimate of drug-likeness (QED) is 0.418. The number of allylic oxidation sites excluding steroid dienone is 1. The largest absolute Gasteiger partial charge is 0.404 e. The molecule has 0 radical (unpaired) electrons. The molecule has 136 valence electrons. The highest BCUT2D eigenvalue weighted by molar-refractivity contribution is 6.07. The lowest BCUT2D eigenvalue weighted by atomic mass is 10.0. The number of nitrogens with zero attached hydrogens (tertiary/aromatic N) is 3. The Morgan fingerprint density at radius 2 is 1.96 bits per heavy atom. The Balaban J connectivity index is 2.09. The summed E-state index contributed by atoms with van der Waals surface area (Å²) < 4.78 is 30.5. The minimum atomic E-state index is -3.70. The van der Waals surface area contributed by atoms with Crippen LogP contribution in [0.3, 0.4) is 0 Å². The number of rotatable bonds is 4. The van der Waals surface area contributed by atoms with E-state index in [1.54, 1.807) is 18.3 Å². The fourth-order valence-electron chi connectivity index (χ4n) is 2.50. The van der Waals surface area contributed by atoms with E-state index in [1.807, 2.05) is 0 Å². The molecule has 3 rings (SSSR count). The molecule has 7 nitrogen and oxygen atoms in total. The maximum Gasteiger partial charge on any atom is 0.331 e. The van der Waals surface area contributed by atoms with Crippen LogP contribution in [0, 0.1) is 16.2 Å². The van der Waals surface area contributed by atoms with E-state index in [0.29, 0.717) is 15.6 Å². The van der Waals surface area contributed by atoms with E-state index in [2.05, 4.69) is 10.1 Å². The molecule has 5 N–H and O–H groups in total. The summed E-state index contributed by atoms with van der Waals surface area (Å²) >= 11 is 0. The van der Waals surface area contributed by atoms with Crippen LogP contribution in [0.2, 0.25) is 0 Å². The first-order valence-electron chi connectivity index (χ1n) is 7.78. The maximum absolute atomic E-state index is 15.0. The summed E-state index contributed by atoms with van der Waals surface area (Å²) in [4.78, 5) is 4.09. The van der Waals surface area contributed by atoms with Gasteiger partial charge in [-0.05, 0) is 30.3 Å². The van der Waals surface area contributed by atoms with Gasteiger partial charge in [0.25, 0.3) is 0 Å². The van der Waals surface area contributed by atoms with Gasteiger partial charge in [-0.2, -0.15) is 18.6 Å². The molecule has 9 heteroatoms. The van der Waals surface area contributed by atoms with Crippen LogP contribution < -0.4 is 11.2 Å². The van der Waals surface area contributed by atoms with Crippen LogP contribution in [0.1, 0.15) is 11.3 Å². The molecule has 0 atom stereocenters. The summed E-state index contributed by atoms with van der Waals surface area (Å²) in [5.74, 6) is -4.88. The van der Waals surface area contributed by atoms with E-state index < -0.39 is 22.8 Å². The molecule has 2 heterocycles. The van der Waals surface area contributed by atoms with Crippen molar-refractivity contribution in [1.82, 2.24) is 14.8 Å². The van der Waals surface area contributed by atoms with E-state index >= 15 is 0 Å². The second kappa shape index (κ2) is 6.87. The summed E-state index contributed by atoms with van der Waals surface area (Å²) in [6.45, 7) is 0. The molecule has 0 unspecified atom stereocenters. The predicted molar refractivity (Wildman–Crippen MR) is 97.8 cm³/mol. The van der Waals surface area contributed by atoms with Crippen molar-refractivity contribution in [2.75, 3.05) is 0 Å². The molecule has 3 aromatic rings. The fraction of sp³-hybridized carbons (Fsp3) is 0.0556. The number of nitrogens with one attached hydrogen (secondary N) is 3. The highest BCUT2D eigenvalue weighted by atomic mass is 19.3. The summed E-state index contributed by atoms with van der Waals surface area (Å²) in [5, 5.41) is 27.5. The summed E-state index contributed by atoms with van der Waals surface area (Å²) in [7, 11) is 0. The molecular weight excluding hydrogens is 352 g/mol. The molecule has 27 heavy (non-hydrogen) atoms. The number of alkyl halides is 2. The highest BCUT2D eigenvalue weighted by Gasteiger charge is 2.39. The van der Waals surface area contributed by atoms with E-state index in [0.717, 1.165) is 12.4 Å². The van der Waals surface area contributed by atoms with Crippen molar-refractivity contribution >= 4 is 28.5 Å². The lowest BCUT2D eigenvalue weighted by molar-refractivity contribution is 0.0697. The molecule has 2 aromatic heterocycles. The first-order valence-corrected chi connectivity index (χ1v) is 7.78. The number of fused-ring (bicyclic) bond motifs is 1. The Morgan fingerprint density at radius 1 is 1.19 bits per heavy atom. The van der Waals surface area contributed by atoms with Crippen LogP contribution in [0.4, 0.5) is 8.78 Å². The zero-order valence-electron chi connectivity index (χ0n) is 13.9. The third-order valence-corrected chi connectivity index (χ3v) is 3.94. The Hall–Kier alpha value is -3.75. The minimum absolute atomic E-state index is 0.103. The molecule has 0 saturated carbocycles. The second-order valence-electron chi connectivity index (χ2n) is 5.62. The SMILES string of the molecule is N=C/C(=C\N)c1ccc(=N)n(C(=N)C(F)(F)c2ccc3ncccc3c2)n1. The standard InChI is InChI=1S/C18H15F2N7/c19-18(20,13-3-4-14-11(8-13)2-1-7-25-14)17(24)27-16(23)6-5-15(26-27)12(9-21)10-22/h1-10,21,23-24H,22H2/b12-10+,21-9?,23-16?,24-17?. The van der Waals surface area contributed by atoms with Crippen LogP contribution in [0.25, 0.3) is 16.5 Å². The number of hydrogen-bond donors (Lipinski definition) is 4. The monoisotopic (exact) mass is 367 g/mol. The highest BCUT2D eigenvalue weighted by Crippen LogP contribution is 2.31. The average Bonchev–Trinajstić information content (AvgIpc) is 2.69. The van der Waals surface area contributed by atoms with Crippen molar-refractivity contribution in [2.24, 2.45) is 5.73 Å². The van der Waals surface area contributed by atoms with Gasteiger partial charge in [0.05, 0.1) is 11.2 Å². The lowest BCUT2D eigenvalue weighted by Gasteiger charge is -2.19. The van der Waals surface area contributed by atoms with Gasteiger partial charge in [-0.1, -0.05) is 12.1 Å². The summed E-state index contributed by atoms with van der Waals surface area (Å²) in [6.07, 6.45) is 3.57. The van der Waals surface area contributed by atoms with Crippen molar-refractivity contribution in [3.63, 3.8) is 0 Å². The Morgan fingerprint density at radius 3 is 2.67 bits per heavy atom. The molecule has 0 aliphatic heterocycles. The van der Waals surface area contributed by atoms with E-state index in [1.165, 1.54) is 30.3 Å². The molecular formula is C18H15F2N7. The summed E-state index contributed by atoms with van der Waals surface area (Å²) in [6, 6.07) is 9.77.